The normalized spacial score (nSPS) is 13.7. The van der Waals surface area contributed by atoms with Gasteiger partial charge in [0.1, 0.15) is 25.8 Å². The Bertz CT molecular complexity index is 700. The molecule has 1 aromatic rings. The third-order valence-electron chi connectivity index (χ3n) is 4.33. The number of carboxylic acids is 1. The van der Waals surface area contributed by atoms with Crippen LogP contribution >= 0.6 is 8.00 Å². The summed E-state index contributed by atoms with van der Waals surface area (Å²) in [5.41, 5.74) is 0.953. The second-order valence-corrected chi connectivity index (χ2v) is 8.50. The van der Waals surface area contributed by atoms with Crippen molar-refractivity contribution >= 4 is 25.7 Å². The van der Waals surface area contributed by atoms with Gasteiger partial charge in [0.2, 0.25) is 8.00 Å². The molecule has 0 spiro atoms. The van der Waals surface area contributed by atoms with Crippen molar-refractivity contribution < 1.29 is 33.3 Å². The van der Waals surface area contributed by atoms with Crippen molar-refractivity contribution in [3.63, 3.8) is 0 Å². The van der Waals surface area contributed by atoms with Crippen LogP contribution in [0.1, 0.15) is 19.4 Å². The van der Waals surface area contributed by atoms with E-state index < -0.39 is 19.9 Å². The van der Waals surface area contributed by atoms with Crippen LogP contribution in [0, 0.1) is 5.92 Å². The molecule has 28 heavy (non-hydrogen) atoms. The van der Waals surface area contributed by atoms with Crippen molar-refractivity contribution in [2.45, 2.75) is 26.5 Å². The van der Waals surface area contributed by atoms with Crippen molar-refractivity contribution in [3.8, 4) is 0 Å². The molecule has 2 unspecified atom stereocenters. The first-order valence-corrected chi connectivity index (χ1v) is 10.2. The van der Waals surface area contributed by atoms with Gasteiger partial charge in [0, 0.05) is 18.1 Å². The third-order valence-corrected chi connectivity index (χ3v) is 5.17. The van der Waals surface area contributed by atoms with Crippen LogP contribution in [0.5, 0.6) is 0 Å². The molecule has 0 amide bonds. The molecule has 0 saturated heterocycles. The molecular weight excluding hydrogens is 381 g/mol. The maximum Gasteiger partial charge on any atom is 0.331 e. The molecule has 1 N–H and O–H groups in total. The fourth-order valence-corrected chi connectivity index (χ4v) is 3.67. The van der Waals surface area contributed by atoms with E-state index in [0.29, 0.717) is 11.0 Å². The number of ether oxygens (including phenoxy) is 1. The van der Waals surface area contributed by atoms with Gasteiger partial charge in [-0.1, -0.05) is 44.2 Å². The lowest BCUT2D eigenvalue weighted by Crippen LogP contribution is -2.54. The maximum absolute atomic E-state index is 12.2. The van der Waals surface area contributed by atoms with Gasteiger partial charge < -0.3 is 19.2 Å². The minimum Gasteiger partial charge on any atom is -0.603 e. The molecule has 0 heterocycles. The Morgan fingerprint density at radius 2 is 1.86 bits per heavy atom. The van der Waals surface area contributed by atoms with E-state index in [4.69, 9.17) is 14.4 Å². The molecule has 0 radical (unpaired) electrons. The summed E-state index contributed by atoms with van der Waals surface area (Å²) in [6, 6.07) is 9.46. The number of benzene rings is 1. The fraction of sp³-hybridized carbons (Fsp3) is 0.450. The van der Waals surface area contributed by atoms with Crippen molar-refractivity contribution in [3.05, 3.63) is 48.0 Å². The number of esters is 1. The van der Waals surface area contributed by atoms with E-state index in [-0.39, 0.29) is 25.2 Å². The number of rotatable bonds is 11. The number of likely N-dealkylation sites (N-methyl/N-ethyl adjacent to an activating group) is 1. The van der Waals surface area contributed by atoms with E-state index in [9.17, 15) is 14.5 Å². The van der Waals surface area contributed by atoms with Crippen molar-refractivity contribution in [1.82, 2.24) is 0 Å². The van der Waals surface area contributed by atoms with Crippen LogP contribution in [-0.4, -0.2) is 60.6 Å². The second-order valence-electron chi connectivity index (χ2n) is 7.30. The molecule has 8 heteroatoms. The number of nitrogens with zero attached hydrogens (tertiary/aromatic N) is 1. The summed E-state index contributed by atoms with van der Waals surface area (Å²) in [4.78, 5) is 34.3. The van der Waals surface area contributed by atoms with E-state index in [2.05, 4.69) is 0 Å². The Kier molecular flexibility index (Phi) is 10.0. The van der Waals surface area contributed by atoms with E-state index >= 15 is 0 Å². The number of quaternary nitrogens is 1. The van der Waals surface area contributed by atoms with Gasteiger partial charge in [0.05, 0.1) is 14.1 Å². The lowest BCUT2D eigenvalue weighted by atomic mass is 10.0. The molecule has 2 atom stereocenters. The highest BCUT2D eigenvalue weighted by atomic mass is 31.1. The number of carbonyl (C=O) groups excluding carboxylic acids is 1. The van der Waals surface area contributed by atoms with Crippen LogP contribution in [0.25, 0.3) is 0 Å². The summed E-state index contributed by atoms with van der Waals surface area (Å²) in [5.74, 6) is -0.0840. The Morgan fingerprint density at radius 3 is 2.43 bits per heavy atom. The number of aliphatic carboxylic acids is 1. The molecule has 0 bridgehead atoms. The summed E-state index contributed by atoms with van der Waals surface area (Å²) < 4.78 is 11.0. The summed E-state index contributed by atoms with van der Waals surface area (Å²) >= 11 is 0. The first-order chi connectivity index (χ1) is 13.1. The van der Waals surface area contributed by atoms with Crippen LogP contribution in [0.3, 0.4) is 0 Å². The Morgan fingerprint density at radius 1 is 1.21 bits per heavy atom. The summed E-state index contributed by atoms with van der Waals surface area (Å²) in [7, 11) is 2.00. The van der Waals surface area contributed by atoms with Crippen molar-refractivity contribution in [1.29, 1.82) is 0 Å². The van der Waals surface area contributed by atoms with Crippen molar-refractivity contribution in [2.75, 3.05) is 27.2 Å². The second kappa shape index (κ2) is 11.7. The molecule has 1 rings (SSSR count). The molecule has 0 aromatic heterocycles. The van der Waals surface area contributed by atoms with Crippen molar-refractivity contribution in [2.24, 2.45) is 5.92 Å². The van der Waals surface area contributed by atoms with Gasteiger partial charge >= 0.3 is 11.9 Å². The molecule has 1 aromatic carbocycles. The minimum absolute atomic E-state index is 0.0593. The first kappa shape index (κ1) is 24.0. The molecule has 0 saturated carbocycles. The van der Waals surface area contributed by atoms with Gasteiger partial charge in [-0.25, -0.2) is 9.59 Å². The Labute approximate surface area is 167 Å². The largest absolute Gasteiger partial charge is 0.603 e. The topological polar surface area (TPSA) is 95.9 Å². The maximum atomic E-state index is 12.2. The van der Waals surface area contributed by atoms with Gasteiger partial charge in [-0.3, -0.25) is 0 Å². The predicted molar refractivity (Wildman–Crippen MR) is 108 cm³/mol. The molecule has 0 fully saturated rings. The predicted octanol–water partition coefficient (Wildman–Crippen LogP) is 1.96. The zero-order valence-electron chi connectivity index (χ0n) is 16.8. The standard InChI is InChI=1S/C20H28NO6P/c1-16(2)18(15-26-20(24)11-10-19(22)23)21(3,4)12-13-28(25)27-14-17-8-6-5-7-9-17/h5-11,13,16,18H,12,14-15H2,1-4H3/p+1. The summed E-state index contributed by atoms with van der Waals surface area (Å²) in [5, 5.41) is 8.55. The van der Waals surface area contributed by atoms with E-state index in [0.717, 1.165) is 17.7 Å². The quantitative estimate of drug-likeness (QED) is 0.259. The summed E-state index contributed by atoms with van der Waals surface area (Å²) in [6.45, 7) is 4.90. The smallest absolute Gasteiger partial charge is 0.331 e. The molecule has 7 nitrogen and oxygen atoms in total. The Balaban J connectivity index is 2.63. The highest BCUT2D eigenvalue weighted by Crippen LogP contribution is 2.20. The summed E-state index contributed by atoms with van der Waals surface area (Å²) in [6.07, 6.45) is 1.63. The minimum atomic E-state index is -1.92. The molecule has 0 aliphatic rings. The third kappa shape index (κ3) is 9.24. The van der Waals surface area contributed by atoms with Gasteiger partial charge in [-0.15, -0.1) is 0 Å². The van der Waals surface area contributed by atoms with Crippen LogP contribution < -0.4 is 4.89 Å². The SMILES string of the molecule is CC(C)C(COC(=O)C=CC(=O)O)[N+](C)(C)C/C=[P+](\[O-])OCc1ccccc1. The van der Waals surface area contributed by atoms with Gasteiger partial charge in [0.15, 0.2) is 5.80 Å². The zero-order chi connectivity index (χ0) is 21.2. The molecular formula is C20H29NO6P+. The first-order valence-electron chi connectivity index (χ1n) is 8.98. The van der Waals surface area contributed by atoms with Gasteiger partial charge in [-0.2, -0.15) is 4.52 Å². The highest BCUT2D eigenvalue weighted by molar-refractivity contribution is 7.44. The van der Waals surface area contributed by atoms with Crippen LogP contribution in [0.15, 0.2) is 42.5 Å². The highest BCUT2D eigenvalue weighted by Gasteiger charge is 2.32. The number of hydrogen-bond acceptors (Lipinski definition) is 5. The average molecular weight is 410 g/mol. The Hall–Kier alpha value is -2.05. The molecule has 0 aliphatic carbocycles. The zero-order valence-corrected chi connectivity index (χ0v) is 17.7. The molecule has 0 aliphatic heterocycles. The van der Waals surface area contributed by atoms with Gasteiger partial charge in [0.25, 0.3) is 0 Å². The van der Waals surface area contributed by atoms with E-state index in [1.807, 2.05) is 58.3 Å². The lowest BCUT2D eigenvalue weighted by Gasteiger charge is -2.38. The number of hydrogen-bond donors (Lipinski definition) is 1. The van der Waals surface area contributed by atoms with E-state index in [1.165, 1.54) is 0 Å². The monoisotopic (exact) mass is 410 g/mol. The lowest BCUT2D eigenvalue weighted by molar-refractivity contribution is -0.909. The average Bonchev–Trinajstić information content (AvgIpc) is 2.63. The van der Waals surface area contributed by atoms with Crippen LogP contribution in [0.4, 0.5) is 0 Å². The fourth-order valence-electron chi connectivity index (χ4n) is 2.73. The molecule has 154 valence electrons. The van der Waals surface area contributed by atoms with E-state index in [1.54, 1.807) is 5.80 Å². The van der Waals surface area contributed by atoms with Crippen LogP contribution in [-0.2, 0) is 25.5 Å². The number of carbonyl (C=O) groups is 2. The van der Waals surface area contributed by atoms with Crippen LogP contribution in [0.2, 0.25) is 0 Å². The van der Waals surface area contributed by atoms with Gasteiger partial charge in [-0.05, 0) is 5.56 Å². The number of carboxylic acid groups (broad SMARTS) is 1.